The molecular weight excluding hydrogens is 346 g/mol. The van der Waals surface area contributed by atoms with Gasteiger partial charge in [-0.1, -0.05) is 30.3 Å². The summed E-state index contributed by atoms with van der Waals surface area (Å²) in [6.45, 7) is 3.83. The molecule has 3 heterocycles. The van der Waals surface area contributed by atoms with Gasteiger partial charge >= 0.3 is 6.09 Å². The van der Waals surface area contributed by atoms with Crippen LogP contribution in [-0.2, 0) is 4.74 Å². The van der Waals surface area contributed by atoms with Crippen LogP contribution in [0.25, 0.3) is 10.4 Å². The predicted octanol–water partition coefficient (Wildman–Crippen LogP) is 3.88. The molecule has 24 heavy (non-hydrogen) atoms. The molecule has 0 spiro atoms. The Balaban J connectivity index is 0.00000169. The normalized spacial score (nSPS) is 24.4. The molecule has 1 N–H and O–H groups in total. The second-order valence-corrected chi connectivity index (χ2v) is 7.23. The molecule has 1 amide bonds. The van der Waals surface area contributed by atoms with Crippen molar-refractivity contribution in [3.8, 4) is 10.4 Å². The lowest BCUT2D eigenvalue weighted by Crippen LogP contribution is -2.28. The second kappa shape index (κ2) is 7.09. The van der Waals surface area contributed by atoms with Gasteiger partial charge in [-0.15, -0.1) is 23.7 Å². The summed E-state index contributed by atoms with van der Waals surface area (Å²) in [5.41, 5.74) is 2.97. The SMILES string of the molecule is Cl.O=C(Nc1ncsc1-c1ccccc1)OCC12CCN(CC1)C2. The molecule has 2 aliphatic rings. The Kier molecular flexibility index (Phi) is 5.08. The van der Waals surface area contributed by atoms with Crippen molar-refractivity contribution in [2.24, 2.45) is 5.41 Å². The fraction of sp³-hybridized carbons (Fsp3) is 0.412. The molecule has 0 saturated carbocycles. The minimum atomic E-state index is -0.409. The number of carbonyl (C=O) groups is 1. The monoisotopic (exact) mass is 365 g/mol. The van der Waals surface area contributed by atoms with Gasteiger partial charge in [0.2, 0.25) is 0 Å². The van der Waals surface area contributed by atoms with Gasteiger partial charge in [-0.25, -0.2) is 9.78 Å². The summed E-state index contributed by atoms with van der Waals surface area (Å²) >= 11 is 1.51. The number of nitrogens with zero attached hydrogens (tertiary/aromatic N) is 2. The van der Waals surface area contributed by atoms with Crippen LogP contribution in [0.4, 0.5) is 10.6 Å². The highest BCUT2D eigenvalue weighted by Crippen LogP contribution is 2.40. The smallest absolute Gasteiger partial charge is 0.412 e. The molecule has 5 nitrogen and oxygen atoms in total. The molecule has 0 aliphatic carbocycles. The van der Waals surface area contributed by atoms with Gasteiger partial charge in [0.15, 0.2) is 5.82 Å². The van der Waals surface area contributed by atoms with Crippen LogP contribution in [0.1, 0.15) is 12.8 Å². The van der Waals surface area contributed by atoms with Crippen LogP contribution in [0, 0.1) is 5.41 Å². The van der Waals surface area contributed by atoms with Crippen molar-refractivity contribution in [2.45, 2.75) is 12.8 Å². The van der Waals surface area contributed by atoms with E-state index in [1.165, 1.54) is 11.3 Å². The van der Waals surface area contributed by atoms with Crippen molar-refractivity contribution in [1.82, 2.24) is 9.88 Å². The molecule has 0 radical (unpaired) electrons. The Morgan fingerprint density at radius 1 is 1.29 bits per heavy atom. The summed E-state index contributed by atoms with van der Waals surface area (Å²) < 4.78 is 5.50. The van der Waals surface area contributed by atoms with E-state index in [1.807, 2.05) is 30.3 Å². The first-order valence-electron chi connectivity index (χ1n) is 7.89. The lowest BCUT2D eigenvalue weighted by atomic mass is 9.86. The third-order valence-corrected chi connectivity index (χ3v) is 5.68. The minimum Gasteiger partial charge on any atom is -0.449 e. The number of aromatic nitrogens is 1. The Hall–Kier alpha value is -1.63. The standard InChI is InChI=1S/C17H19N3O2S.ClH/c21-16(22-11-17-6-8-20(10-17)9-7-17)19-15-14(23-12-18-15)13-4-2-1-3-5-13;/h1-5,12H,6-11H2,(H,19,21);1H. The van der Waals surface area contributed by atoms with Gasteiger partial charge in [0.25, 0.3) is 0 Å². The van der Waals surface area contributed by atoms with Gasteiger partial charge in [-0.3, -0.25) is 5.32 Å². The van der Waals surface area contributed by atoms with Crippen LogP contribution in [-0.4, -0.2) is 42.2 Å². The van der Waals surface area contributed by atoms with Crippen LogP contribution >= 0.6 is 23.7 Å². The summed E-state index contributed by atoms with van der Waals surface area (Å²) in [6, 6.07) is 9.94. The van der Waals surface area contributed by atoms with Gasteiger partial charge in [0.05, 0.1) is 10.4 Å². The summed E-state index contributed by atoms with van der Waals surface area (Å²) in [5.74, 6) is 0.572. The van der Waals surface area contributed by atoms with Crippen molar-refractivity contribution in [2.75, 3.05) is 31.6 Å². The lowest BCUT2D eigenvalue weighted by Gasteiger charge is -2.24. The maximum atomic E-state index is 12.1. The molecule has 2 aromatic rings. The molecule has 2 bridgehead atoms. The van der Waals surface area contributed by atoms with E-state index < -0.39 is 6.09 Å². The molecule has 1 aromatic carbocycles. The number of piperidine rings is 1. The van der Waals surface area contributed by atoms with Gasteiger partial charge in [0.1, 0.15) is 6.61 Å². The molecule has 1 aromatic heterocycles. The van der Waals surface area contributed by atoms with Crippen molar-refractivity contribution >= 4 is 35.7 Å². The second-order valence-electron chi connectivity index (χ2n) is 6.37. The molecule has 128 valence electrons. The molecule has 2 fully saturated rings. The number of hydrogen-bond acceptors (Lipinski definition) is 5. The maximum Gasteiger partial charge on any atom is 0.412 e. The molecule has 4 rings (SSSR count). The third-order valence-electron chi connectivity index (χ3n) is 4.81. The van der Waals surface area contributed by atoms with Crippen molar-refractivity contribution in [3.05, 3.63) is 35.8 Å². The first-order chi connectivity index (χ1) is 11.2. The van der Waals surface area contributed by atoms with E-state index >= 15 is 0 Å². The number of halogens is 1. The van der Waals surface area contributed by atoms with E-state index in [0.29, 0.717) is 12.4 Å². The fourth-order valence-electron chi connectivity index (χ4n) is 3.49. The lowest BCUT2D eigenvalue weighted by molar-refractivity contribution is 0.104. The van der Waals surface area contributed by atoms with Crippen LogP contribution < -0.4 is 5.32 Å². The molecule has 2 aliphatic heterocycles. The molecule has 2 saturated heterocycles. The zero-order valence-electron chi connectivity index (χ0n) is 13.2. The third kappa shape index (κ3) is 3.41. The highest BCUT2D eigenvalue weighted by atomic mass is 35.5. The number of ether oxygens (including phenoxy) is 1. The van der Waals surface area contributed by atoms with Crippen molar-refractivity contribution in [3.63, 3.8) is 0 Å². The molecule has 0 atom stereocenters. The Bertz CT molecular complexity index is 699. The highest BCUT2D eigenvalue weighted by Gasteiger charge is 2.44. The Morgan fingerprint density at radius 3 is 2.71 bits per heavy atom. The van der Waals surface area contributed by atoms with E-state index in [2.05, 4.69) is 15.2 Å². The average molecular weight is 366 g/mol. The number of rotatable bonds is 4. The van der Waals surface area contributed by atoms with Gasteiger partial charge in [0, 0.05) is 12.0 Å². The van der Waals surface area contributed by atoms with Crippen LogP contribution in [0.5, 0.6) is 0 Å². The fourth-order valence-corrected chi connectivity index (χ4v) is 4.24. The average Bonchev–Trinajstić information content (AvgIpc) is 3.30. The van der Waals surface area contributed by atoms with Crippen LogP contribution in [0.2, 0.25) is 0 Å². The van der Waals surface area contributed by atoms with Gasteiger partial charge in [-0.2, -0.15) is 0 Å². The number of thiazole rings is 1. The molecular formula is C17H20ClN3O2S. The minimum absolute atomic E-state index is 0. The van der Waals surface area contributed by atoms with Gasteiger partial charge < -0.3 is 9.64 Å². The zero-order chi connectivity index (χ0) is 15.7. The Morgan fingerprint density at radius 2 is 2.04 bits per heavy atom. The van der Waals surface area contributed by atoms with E-state index in [-0.39, 0.29) is 17.8 Å². The van der Waals surface area contributed by atoms with Crippen molar-refractivity contribution < 1.29 is 9.53 Å². The van der Waals surface area contributed by atoms with E-state index in [0.717, 1.165) is 42.9 Å². The van der Waals surface area contributed by atoms with Crippen LogP contribution in [0.15, 0.2) is 35.8 Å². The van der Waals surface area contributed by atoms with Crippen molar-refractivity contribution in [1.29, 1.82) is 0 Å². The predicted molar refractivity (Wildman–Crippen MR) is 97.9 cm³/mol. The number of anilines is 1. The number of benzene rings is 1. The molecule has 0 unspecified atom stereocenters. The highest BCUT2D eigenvalue weighted by molar-refractivity contribution is 7.13. The van der Waals surface area contributed by atoms with E-state index in [4.69, 9.17) is 4.74 Å². The quantitative estimate of drug-likeness (QED) is 0.893. The maximum absolute atomic E-state index is 12.1. The first kappa shape index (κ1) is 17.2. The topological polar surface area (TPSA) is 54.5 Å². The van der Waals surface area contributed by atoms with Gasteiger partial charge in [-0.05, 0) is 31.5 Å². The summed E-state index contributed by atoms with van der Waals surface area (Å²) in [4.78, 5) is 19.8. The summed E-state index contributed by atoms with van der Waals surface area (Å²) in [7, 11) is 0. The van der Waals surface area contributed by atoms with E-state index in [9.17, 15) is 4.79 Å². The largest absolute Gasteiger partial charge is 0.449 e. The number of amides is 1. The molecule has 7 heteroatoms. The number of fused-ring (bicyclic) bond motifs is 2. The van der Waals surface area contributed by atoms with Crippen LogP contribution in [0.3, 0.4) is 0 Å². The summed E-state index contributed by atoms with van der Waals surface area (Å²) in [5, 5.41) is 2.79. The van der Waals surface area contributed by atoms with E-state index in [1.54, 1.807) is 5.51 Å². The summed E-state index contributed by atoms with van der Waals surface area (Å²) in [6.07, 6.45) is 1.85. The number of nitrogens with one attached hydrogen (secondary N) is 1. The number of carbonyl (C=O) groups excluding carboxylic acids is 1. The Labute approximate surface area is 151 Å². The zero-order valence-corrected chi connectivity index (χ0v) is 14.9. The first-order valence-corrected chi connectivity index (χ1v) is 8.77. The number of hydrogen-bond donors (Lipinski definition) is 1.